The van der Waals surface area contributed by atoms with Gasteiger partial charge in [0.1, 0.15) is 5.54 Å². The summed E-state index contributed by atoms with van der Waals surface area (Å²) in [5.41, 5.74) is 2.56. The molecule has 0 saturated heterocycles. The molecule has 1 amide bonds. The number of aromatic nitrogens is 2. The first kappa shape index (κ1) is 18.5. The molecule has 1 saturated carbocycles. The third-order valence-corrected chi connectivity index (χ3v) is 5.69. The summed E-state index contributed by atoms with van der Waals surface area (Å²) in [7, 11) is 0. The van der Waals surface area contributed by atoms with Crippen LogP contribution in [0.5, 0.6) is 0 Å². The molecule has 0 aliphatic heterocycles. The van der Waals surface area contributed by atoms with Gasteiger partial charge < -0.3 is 10.3 Å². The van der Waals surface area contributed by atoms with Crippen molar-refractivity contribution in [3.63, 3.8) is 0 Å². The molecule has 1 aliphatic rings. The van der Waals surface area contributed by atoms with Gasteiger partial charge in [0, 0.05) is 12.1 Å². The van der Waals surface area contributed by atoms with Crippen LogP contribution in [0.15, 0.2) is 35.5 Å². The molecule has 0 bridgehead atoms. The Bertz CT molecular complexity index is 788. The first-order chi connectivity index (χ1) is 12.6. The Labute approximate surface area is 158 Å². The highest BCUT2D eigenvalue weighted by Gasteiger charge is 2.33. The van der Waals surface area contributed by atoms with Gasteiger partial charge in [0.15, 0.2) is 5.16 Å². The number of imidazole rings is 1. The Hall–Kier alpha value is -2.26. The molecular formula is C20H24N4OS. The monoisotopic (exact) mass is 368 g/mol. The number of aryl methyl sites for hydroxylation is 1. The number of H-pyrrole nitrogens is 1. The molecule has 136 valence electrons. The van der Waals surface area contributed by atoms with Crippen LogP contribution in [0, 0.1) is 18.3 Å². The summed E-state index contributed by atoms with van der Waals surface area (Å²) in [4.78, 5) is 20.2. The van der Waals surface area contributed by atoms with Crippen molar-refractivity contribution in [1.29, 1.82) is 5.26 Å². The van der Waals surface area contributed by atoms with Crippen LogP contribution in [-0.4, -0.2) is 27.2 Å². The van der Waals surface area contributed by atoms with Crippen LogP contribution in [-0.2, 0) is 11.2 Å². The molecule has 1 aromatic carbocycles. The molecule has 1 fully saturated rings. The van der Waals surface area contributed by atoms with Gasteiger partial charge in [-0.05, 0) is 25.3 Å². The number of rotatable bonds is 6. The summed E-state index contributed by atoms with van der Waals surface area (Å²) < 4.78 is 0. The van der Waals surface area contributed by atoms with E-state index in [1.165, 1.54) is 17.3 Å². The highest BCUT2D eigenvalue weighted by Crippen LogP contribution is 2.28. The zero-order chi connectivity index (χ0) is 18.4. The lowest BCUT2D eigenvalue weighted by atomic mass is 9.83. The summed E-state index contributed by atoms with van der Waals surface area (Å²) in [6.45, 7) is 2.00. The van der Waals surface area contributed by atoms with Crippen LogP contribution in [0.4, 0.5) is 0 Å². The number of thioether (sulfide) groups is 1. The van der Waals surface area contributed by atoms with Gasteiger partial charge in [-0.1, -0.05) is 61.4 Å². The second-order valence-corrected chi connectivity index (χ2v) is 7.83. The lowest BCUT2D eigenvalue weighted by Gasteiger charge is -2.31. The number of amides is 1. The first-order valence-electron chi connectivity index (χ1n) is 9.05. The smallest absolute Gasteiger partial charge is 0.231 e. The molecule has 1 aromatic heterocycles. The van der Waals surface area contributed by atoms with Crippen molar-refractivity contribution >= 4 is 17.7 Å². The van der Waals surface area contributed by atoms with Crippen LogP contribution in [0.3, 0.4) is 0 Å². The SMILES string of the molecule is Cc1[nH]c(SCC(=O)NC2(C#N)CCCCC2)nc1Cc1ccccc1. The number of benzene rings is 1. The lowest BCUT2D eigenvalue weighted by molar-refractivity contribution is -0.120. The average molecular weight is 369 g/mol. The maximum absolute atomic E-state index is 12.3. The zero-order valence-electron chi connectivity index (χ0n) is 15.0. The van der Waals surface area contributed by atoms with E-state index in [0.717, 1.165) is 55.1 Å². The number of nitrogens with one attached hydrogen (secondary N) is 2. The van der Waals surface area contributed by atoms with E-state index in [1.54, 1.807) is 0 Å². The van der Waals surface area contributed by atoms with Gasteiger partial charge in [-0.25, -0.2) is 4.98 Å². The number of nitrogens with zero attached hydrogens (tertiary/aromatic N) is 2. The van der Waals surface area contributed by atoms with Gasteiger partial charge in [-0.3, -0.25) is 4.79 Å². The van der Waals surface area contributed by atoms with Crippen LogP contribution in [0.1, 0.15) is 49.1 Å². The molecule has 0 radical (unpaired) electrons. The molecule has 26 heavy (non-hydrogen) atoms. The van der Waals surface area contributed by atoms with Crippen molar-refractivity contribution in [3.8, 4) is 6.07 Å². The molecule has 0 unspecified atom stereocenters. The fourth-order valence-electron chi connectivity index (χ4n) is 3.35. The minimum atomic E-state index is -0.673. The van der Waals surface area contributed by atoms with E-state index in [-0.39, 0.29) is 11.7 Å². The van der Waals surface area contributed by atoms with Crippen LogP contribution in [0.2, 0.25) is 0 Å². The number of aromatic amines is 1. The largest absolute Gasteiger partial charge is 0.337 e. The van der Waals surface area contributed by atoms with Crippen LogP contribution >= 0.6 is 11.8 Å². The molecule has 1 aliphatic carbocycles. The van der Waals surface area contributed by atoms with E-state index >= 15 is 0 Å². The van der Waals surface area contributed by atoms with E-state index in [1.807, 2.05) is 25.1 Å². The topological polar surface area (TPSA) is 81.6 Å². The highest BCUT2D eigenvalue weighted by atomic mass is 32.2. The Morgan fingerprint density at radius 1 is 1.31 bits per heavy atom. The van der Waals surface area contributed by atoms with Gasteiger partial charge in [0.25, 0.3) is 0 Å². The van der Waals surface area contributed by atoms with E-state index < -0.39 is 5.54 Å². The number of nitriles is 1. The third kappa shape index (κ3) is 4.67. The molecule has 5 nitrogen and oxygen atoms in total. The van der Waals surface area contributed by atoms with E-state index in [2.05, 4.69) is 33.5 Å². The maximum Gasteiger partial charge on any atom is 0.231 e. The molecule has 2 N–H and O–H groups in total. The minimum Gasteiger partial charge on any atom is -0.337 e. The predicted octanol–water partition coefficient (Wildman–Crippen LogP) is 3.74. The van der Waals surface area contributed by atoms with Crippen molar-refractivity contribution in [2.75, 3.05) is 5.75 Å². The Kier molecular flexibility index (Phi) is 6.00. The number of hydrogen-bond acceptors (Lipinski definition) is 4. The molecular weight excluding hydrogens is 344 g/mol. The second kappa shape index (κ2) is 8.41. The van der Waals surface area contributed by atoms with Crippen LogP contribution < -0.4 is 5.32 Å². The molecule has 1 heterocycles. The number of hydrogen-bond donors (Lipinski definition) is 2. The Morgan fingerprint density at radius 3 is 2.73 bits per heavy atom. The number of carbonyl (C=O) groups is 1. The van der Waals surface area contributed by atoms with E-state index in [0.29, 0.717) is 0 Å². The summed E-state index contributed by atoms with van der Waals surface area (Å²) in [6.07, 6.45) is 5.42. The van der Waals surface area contributed by atoms with E-state index in [4.69, 9.17) is 0 Å². The average Bonchev–Trinajstić information content (AvgIpc) is 3.01. The molecule has 6 heteroatoms. The van der Waals surface area contributed by atoms with Crippen molar-refractivity contribution in [1.82, 2.24) is 15.3 Å². The molecule has 3 rings (SSSR count). The van der Waals surface area contributed by atoms with Crippen LogP contribution in [0.25, 0.3) is 0 Å². The van der Waals surface area contributed by atoms with Crippen molar-refractivity contribution in [3.05, 3.63) is 47.3 Å². The lowest BCUT2D eigenvalue weighted by Crippen LogP contribution is -2.49. The Morgan fingerprint density at radius 2 is 2.04 bits per heavy atom. The standard InChI is InChI=1S/C20H24N4OS/c1-15-17(12-16-8-4-2-5-9-16)23-19(22-15)26-13-18(25)24-20(14-21)10-6-3-7-11-20/h2,4-5,8-9H,3,6-7,10-13H2,1H3,(H,22,23)(H,24,25). The summed E-state index contributed by atoms with van der Waals surface area (Å²) in [5, 5.41) is 13.2. The minimum absolute atomic E-state index is 0.0999. The van der Waals surface area contributed by atoms with Gasteiger partial charge in [0.05, 0.1) is 17.5 Å². The number of carbonyl (C=O) groups excluding carboxylic acids is 1. The molecule has 0 atom stereocenters. The van der Waals surface area contributed by atoms with Gasteiger partial charge >= 0.3 is 0 Å². The first-order valence-corrected chi connectivity index (χ1v) is 10.0. The quantitative estimate of drug-likeness (QED) is 0.761. The van der Waals surface area contributed by atoms with Crippen molar-refractivity contribution < 1.29 is 4.79 Å². The zero-order valence-corrected chi connectivity index (χ0v) is 15.9. The normalized spacial score (nSPS) is 16.0. The highest BCUT2D eigenvalue weighted by molar-refractivity contribution is 7.99. The maximum atomic E-state index is 12.3. The molecule has 0 spiro atoms. The van der Waals surface area contributed by atoms with Gasteiger partial charge in [-0.15, -0.1) is 0 Å². The summed E-state index contributed by atoms with van der Waals surface area (Å²) >= 11 is 1.38. The van der Waals surface area contributed by atoms with Gasteiger partial charge in [0.2, 0.25) is 5.91 Å². The summed E-state index contributed by atoms with van der Waals surface area (Å²) in [5.74, 6) is 0.165. The van der Waals surface area contributed by atoms with Gasteiger partial charge in [-0.2, -0.15) is 5.26 Å². The molecule has 2 aromatic rings. The third-order valence-electron chi connectivity index (χ3n) is 4.82. The van der Waals surface area contributed by atoms with E-state index in [9.17, 15) is 10.1 Å². The fourth-order valence-corrected chi connectivity index (χ4v) is 4.09. The fraction of sp³-hybridized carbons (Fsp3) is 0.450. The van der Waals surface area contributed by atoms with Crippen molar-refractivity contribution in [2.24, 2.45) is 0 Å². The second-order valence-electron chi connectivity index (χ2n) is 6.87. The predicted molar refractivity (Wildman–Crippen MR) is 103 cm³/mol. The Balaban J connectivity index is 1.55. The van der Waals surface area contributed by atoms with Crippen molar-refractivity contribution in [2.45, 2.75) is 56.1 Å². The summed E-state index contributed by atoms with van der Waals surface area (Å²) in [6, 6.07) is 12.5.